The minimum absolute atomic E-state index is 0.0407. The quantitative estimate of drug-likeness (QED) is 0.627. The number of halogens is 3. The highest BCUT2D eigenvalue weighted by Crippen LogP contribution is 2.39. The maximum absolute atomic E-state index is 13.0. The Morgan fingerprint density at radius 2 is 1.75 bits per heavy atom. The lowest BCUT2D eigenvalue weighted by atomic mass is 9.97. The molecule has 0 aliphatic heterocycles. The van der Waals surface area contributed by atoms with Gasteiger partial charge in [0.2, 0.25) is 0 Å². The lowest BCUT2D eigenvalue weighted by molar-refractivity contribution is -0.104. The highest BCUT2D eigenvalue weighted by molar-refractivity contribution is 6.00. The fourth-order valence-electron chi connectivity index (χ4n) is 2.09. The third-order valence-electron chi connectivity index (χ3n) is 2.93. The largest absolute Gasteiger partial charge is 0.496 e. The summed E-state index contributed by atoms with van der Waals surface area (Å²) in [5, 5.41) is 0.950. The van der Waals surface area contributed by atoms with Gasteiger partial charge in [0.05, 0.1) is 12.7 Å². The van der Waals surface area contributed by atoms with Crippen LogP contribution in [0.15, 0.2) is 42.5 Å². The van der Waals surface area contributed by atoms with Crippen LogP contribution in [0.5, 0.6) is 5.75 Å². The zero-order valence-corrected chi connectivity index (χ0v) is 10.6. The number of carbonyl (C=O) groups excluding carboxylic acids is 1. The van der Waals surface area contributed by atoms with Crippen LogP contribution in [0.4, 0.5) is 13.2 Å². The van der Waals surface area contributed by atoms with Crippen molar-refractivity contribution in [3.63, 3.8) is 0 Å². The number of allylic oxidation sites excluding steroid dienone is 2. The number of benzene rings is 2. The number of alkyl halides is 3. The molecule has 104 valence electrons. The summed E-state index contributed by atoms with van der Waals surface area (Å²) in [6.45, 7) is 0. The van der Waals surface area contributed by atoms with Crippen LogP contribution >= 0.6 is 0 Å². The van der Waals surface area contributed by atoms with E-state index in [4.69, 9.17) is 4.74 Å². The first kappa shape index (κ1) is 14.1. The van der Waals surface area contributed by atoms with Gasteiger partial charge < -0.3 is 4.74 Å². The predicted molar refractivity (Wildman–Crippen MR) is 70.6 cm³/mol. The number of fused-ring (bicyclic) bond motifs is 1. The zero-order valence-electron chi connectivity index (χ0n) is 10.6. The fourth-order valence-corrected chi connectivity index (χ4v) is 2.09. The molecular formula is C15H11F3O2. The van der Waals surface area contributed by atoms with E-state index in [-0.39, 0.29) is 11.8 Å². The van der Waals surface area contributed by atoms with E-state index in [0.717, 1.165) is 0 Å². The number of carbonyl (C=O) groups is 1. The normalized spacial score (nSPS) is 12.5. The molecule has 0 atom stereocenters. The van der Waals surface area contributed by atoms with Gasteiger partial charge in [-0.15, -0.1) is 0 Å². The van der Waals surface area contributed by atoms with Crippen LogP contribution in [-0.4, -0.2) is 19.6 Å². The van der Waals surface area contributed by atoms with Gasteiger partial charge in [0, 0.05) is 5.39 Å². The van der Waals surface area contributed by atoms with E-state index in [1.807, 2.05) is 0 Å². The maximum Gasteiger partial charge on any atom is 0.417 e. The molecule has 0 aromatic heterocycles. The summed E-state index contributed by atoms with van der Waals surface area (Å²) >= 11 is 0. The van der Waals surface area contributed by atoms with Crippen molar-refractivity contribution < 1.29 is 22.7 Å². The van der Waals surface area contributed by atoms with Crippen LogP contribution in [0, 0.1) is 0 Å². The Bertz CT molecular complexity index is 672. The molecule has 0 saturated heterocycles. The molecule has 0 radical (unpaired) electrons. The predicted octanol–water partition coefficient (Wildman–Crippen LogP) is 3.99. The smallest absolute Gasteiger partial charge is 0.417 e. The van der Waals surface area contributed by atoms with Gasteiger partial charge in [-0.05, 0) is 23.1 Å². The molecule has 0 bridgehead atoms. The molecule has 2 aromatic carbocycles. The number of aldehydes is 1. The molecule has 0 amide bonds. The average Bonchev–Trinajstić information content (AvgIpc) is 2.43. The molecule has 0 fully saturated rings. The number of hydrogen-bond acceptors (Lipinski definition) is 2. The third-order valence-corrected chi connectivity index (χ3v) is 2.93. The summed E-state index contributed by atoms with van der Waals surface area (Å²) in [4.78, 5) is 10.5. The van der Waals surface area contributed by atoms with Crippen molar-refractivity contribution in [2.75, 3.05) is 7.11 Å². The summed E-state index contributed by atoms with van der Waals surface area (Å²) in [5.74, 6) is 0.483. The van der Waals surface area contributed by atoms with Crippen LogP contribution < -0.4 is 4.74 Å². The third kappa shape index (κ3) is 2.52. The van der Waals surface area contributed by atoms with Gasteiger partial charge in [-0.1, -0.05) is 30.3 Å². The molecule has 2 aromatic rings. The first-order valence-corrected chi connectivity index (χ1v) is 5.78. The molecule has 20 heavy (non-hydrogen) atoms. The summed E-state index contributed by atoms with van der Waals surface area (Å²) < 4.78 is 44.3. The van der Waals surface area contributed by atoms with Crippen LogP contribution in [0.2, 0.25) is 0 Å². The molecule has 0 saturated carbocycles. The molecule has 0 heterocycles. The summed E-state index contributed by atoms with van der Waals surface area (Å²) in [5.41, 5.74) is -1.01. The minimum Gasteiger partial charge on any atom is -0.496 e. The number of methoxy groups -OCH3 is 1. The number of ether oxygens (including phenoxy) is 1. The van der Waals surface area contributed by atoms with Crippen molar-refractivity contribution in [1.82, 2.24) is 0 Å². The summed E-state index contributed by atoms with van der Waals surface area (Å²) in [6.07, 6.45) is -3.92. The molecule has 0 aliphatic rings. The molecule has 0 N–H and O–H groups in total. The van der Waals surface area contributed by atoms with Crippen molar-refractivity contribution in [2.45, 2.75) is 6.18 Å². The SMILES string of the molecule is COc1ccc(/C(=C\C=O)C(F)(F)F)c2ccccc12. The van der Waals surface area contributed by atoms with Crippen LogP contribution in [0.1, 0.15) is 5.56 Å². The van der Waals surface area contributed by atoms with E-state index in [1.54, 1.807) is 24.3 Å². The van der Waals surface area contributed by atoms with Gasteiger partial charge in [0.1, 0.15) is 12.0 Å². The molecular weight excluding hydrogens is 269 g/mol. The molecule has 0 unspecified atom stereocenters. The van der Waals surface area contributed by atoms with Gasteiger partial charge in [-0.2, -0.15) is 13.2 Å². The van der Waals surface area contributed by atoms with E-state index < -0.39 is 11.7 Å². The highest BCUT2D eigenvalue weighted by Gasteiger charge is 2.35. The highest BCUT2D eigenvalue weighted by atomic mass is 19.4. The zero-order chi connectivity index (χ0) is 14.8. The van der Waals surface area contributed by atoms with Crippen LogP contribution in [0.3, 0.4) is 0 Å². The molecule has 5 heteroatoms. The van der Waals surface area contributed by atoms with Gasteiger partial charge >= 0.3 is 6.18 Å². The first-order valence-electron chi connectivity index (χ1n) is 5.78. The van der Waals surface area contributed by atoms with E-state index >= 15 is 0 Å². The Labute approximate surface area is 113 Å². The lowest BCUT2D eigenvalue weighted by Gasteiger charge is -2.15. The Morgan fingerprint density at radius 3 is 2.30 bits per heavy atom. The van der Waals surface area contributed by atoms with Crippen LogP contribution in [0.25, 0.3) is 16.3 Å². The Hall–Kier alpha value is -2.30. The molecule has 2 nitrogen and oxygen atoms in total. The van der Waals surface area contributed by atoms with Crippen molar-refractivity contribution >= 4 is 22.6 Å². The Morgan fingerprint density at radius 1 is 1.10 bits per heavy atom. The Balaban J connectivity index is 2.78. The second kappa shape index (κ2) is 5.36. The number of rotatable bonds is 3. The van der Waals surface area contributed by atoms with E-state index in [1.165, 1.54) is 19.2 Å². The van der Waals surface area contributed by atoms with E-state index in [9.17, 15) is 18.0 Å². The monoisotopic (exact) mass is 280 g/mol. The molecule has 0 aliphatic carbocycles. The number of hydrogen-bond donors (Lipinski definition) is 0. The fraction of sp³-hybridized carbons (Fsp3) is 0.133. The summed E-state index contributed by atoms with van der Waals surface area (Å²) in [7, 11) is 1.45. The first-order chi connectivity index (χ1) is 9.49. The summed E-state index contributed by atoms with van der Waals surface area (Å²) in [6, 6.07) is 9.36. The molecule has 0 spiro atoms. The van der Waals surface area contributed by atoms with Gasteiger partial charge in [-0.3, -0.25) is 4.79 Å². The van der Waals surface area contributed by atoms with Crippen molar-refractivity contribution in [2.24, 2.45) is 0 Å². The standard InChI is InChI=1S/C15H11F3O2/c1-20-14-7-6-11(10-4-2-3-5-12(10)14)13(8-9-19)15(16,17)18/h2-9H,1H3/b13-8+. The van der Waals surface area contributed by atoms with Crippen molar-refractivity contribution in [1.29, 1.82) is 0 Å². The van der Waals surface area contributed by atoms with Gasteiger partial charge in [0.25, 0.3) is 0 Å². The van der Waals surface area contributed by atoms with Gasteiger partial charge in [-0.25, -0.2) is 0 Å². The van der Waals surface area contributed by atoms with Crippen molar-refractivity contribution in [3.8, 4) is 5.75 Å². The average molecular weight is 280 g/mol. The Kier molecular flexibility index (Phi) is 3.79. The second-order valence-corrected chi connectivity index (χ2v) is 4.08. The van der Waals surface area contributed by atoms with Crippen LogP contribution in [-0.2, 0) is 4.79 Å². The van der Waals surface area contributed by atoms with E-state index in [0.29, 0.717) is 22.6 Å². The lowest BCUT2D eigenvalue weighted by Crippen LogP contribution is -2.11. The topological polar surface area (TPSA) is 26.3 Å². The minimum atomic E-state index is -4.60. The molecule has 2 rings (SSSR count). The van der Waals surface area contributed by atoms with Crippen molar-refractivity contribution in [3.05, 3.63) is 48.0 Å². The van der Waals surface area contributed by atoms with Gasteiger partial charge in [0.15, 0.2) is 0 Å². The van der Waals surface area contributed by atoms with E-state index in [2.05, 4.69) is 0 Å². The second-order valence-electron chi connectivity index (χ2n) is 4.08. The maximum atomic E-state index is 13.0.